The molecule has 1 aromatic carbocycles. The Morgan fingerprint density at radius 3 is 2.60 bits per heavy atom. The van der Waals surface area contributed by atoms with Crippen LogP contribution in [0.15, 0.2) is 16.6 Å². The number of amides is 1. The van der Waals surface area contributed by atoms with Crippen LogP contribution in [0.3, 0.4) is 0 Å². The largest absolute Gasteiger partial charge is 0.493 e. The van der Waals surface area contributed by atoms with Crippen molar-refractivity contribution in [1.82, 2.24) is 5.32 Å². The topological polar surface area (TPSA) is 73.9 Å². The van der Waals surface area contributed by atoms with E-state index in [9.17, 15) is 9.59 Å². The SMILES string of the molecule is CCOc1c(Br)cc(C(=O)O[C@@H](C)C(=O)NC2CCCC2)cc1OC. The van der Waals surface area contributed by atoms with Crippen LogP contribution in [-0.2, 0) is 9.53 Å². The van der Waals surface area contributed by atoms with Crippen molar-refractivity contribution in [3.63, 3.8) is 0 Å². The molecule has 1 amide bonds. The summed E-state index contributed by atoms with van der Waals surface area (Å²) in [5.74, 6) is 0.0909. The van der Waals surface area contributed by atoms with E-state index in [1.54, 1.807) is 19.1 Å². The molecule has 2 rings (SSSR count). The van der Waals surface area contributed by atoms with Crippen molar-refractivity contribution in [2.24, 2.45) is 0 Å². The summed E-state index contributed by atoms with van der Waals surface area (Å²) >= 11 is 3.37. The minimum atomic E-state index is -0.857. The summed E-state index contributed by atoms with van der Waals surface area (Å²) in [6.07, 6.45) is 3.35. The van der Waals surface area contributed by atoms with Gasteiger partial charge in [-0.3, -0.25) is 4.79 Å². The number of hydrogen-bond acceptors (Lipinski definition) is 5. The van der Waals surface area contributed by atoms with Crippen LogP contribution in [0.25, 0.3) is 0 Å². The molecule has 1 atom stereocenters. The first-order valence-corrected chi connectivity index (χ1v) is 9.27. The Balaban J connectivity index is 2.04. The third-order valence-corrected chi connectivity index (χ3v) is 4.70. The number of halogens is 1. The Morgan fingerprint density at radius 1 is 1.32 bits per heavy atom. The fourth-order valence-electron chi connectivity index (χ4n) is 2.79. The van der Waals surface area contributed by atoms with Crippen molar-refractivity contribution in [3.05, 3.63) is 22.2 Å². The van der Waals surface area contributed by atoms with E-state index in [-0.39, 0.29) is 17.5 Å². The number of rotatable bonds is 7. The average Bonchev–Trinajstić information content (AvgIpc) is 3.09. The van der Waals surface area contributed by atoms with Gasteiger partial charge >= 0.3 is 5.97 Å². The summed E-state index contributed by atoms with van der Waals surface area (Å²) in [4.78, 5) is 24.5. The van der Waals surface area contributed by atoms with Gasteiger partial charge in [0, 0.05) is 6.04 Å². The van der Waals surface area contributed by atoms with E-state index in [4.69, 9.17) is 14.2 Å². The van der Waals surface area contributed by atoms with E-state index in [0.29, 0.717) is 22.6 Å². The third-order valence-electron chi connectivity index (χ3n) is 4.11. The maximum Gasteiger partial charge on any atom is 0.339 e. The molecule has 25 heavy (non-hydrogen) atoms. The summed E-state index contributed by atoms with van der Waals surface area (Å²) < 4.78 is 16.6. The van der Waals surface area contributed by atoms with Gasteiger partial charge in [0.15, 0.2) is 17.6 Å². The highest BCUT2D eigenvalue weighted by molar-refractivity contribution is 9.10. The lowest BCUT2D eigenvalue weighted by Crippen LogP contribution is -2.40. The summed E-state index contributed by atoms with van der Waals surface area (Å²) in [5.41, 5.74) is 0.285. The number of esters is 1. The van der Waals surface area contributed by atoms with Crippen molar-refractivity contribution >= 4 is 27.8 Å². The number of methoxy groups -OCH3 is 1. The third kappa shape index (κ3) is 5.11. The molecule has 0 heterocycles. The molecule has 1 aliphatic rings. The Bertz CT molecular complexity index is 628. The molecule has 1 aliphatic carbocycles. The molecule has 0 aliphatic heterocycles. The predicted molar refractivity (Wildman–Crippen MR) is 97.1 cm³/mol. The molecular weight excluding hydrogens is 390 g/mol. The number of hydrogen-bond donors (Lipinski definition) is 1. The second-order valence-corrected chi connectivity index (χ2v) is 6.81. The highest BCUT2D eigenvalue weighted by atomic mass is 79.9. The molecule has 1 fully saturated rings. The number of ether oxygens (including phenoxy) is 3. The van der Waals surface area contributed by atoms with Gasteiger partial charge in [0.2, 0.25) is 0 Å². The Morgan fingerprint density at radius 2 is 2.00 bits per heavy atom. The van der Waals surface area contributed by atoms with Crippen LogP contribution in [-0.4, -0.2) is 37.7 Å². The molecule has 6 nitrogen and oxygen atoms in total. The second kappa shape index (κ2) is 9.08. The minimum Gasteiger partial charge on any atom is -0.493 e. The van der Waals surface area contributed by atoms with Gasteiger partial charge in [0.05, 0.1) is 23.8 Å². The predicted octanol–water partition coefficient (Wildman–Crippen LogP) is 3.46. The van der Waals surface area contributed by atoms with Crippen LogP contribution in [0.2, 0.25) is 0 Å². The molecule has 0 spiro atoms. The second-order valence-electron chi connectivity index (χ2n) is 5.96. The van der Waals surface area contributed by atoms with Gasteiger partial charge in [-0.15, -0.1) is 0 Å². The van der Waals surface area contributed by atoms with Crippen LogP contribution in [0.1, 0.15) is 49.9 Å². The molecule has 1 saturated carbocycles. The molecule has 0 unspecified atom stereocenters. The summed E-state index contributed by atoms with van der Waals surface area (Å²) in [6.45, 7) is 3.90. The standard InChI is InChI=1S/C18H24BrNO5/c1-4-24-16-14(19)9-12(10-15(16)23-3)18(22)25-11(2)17(21)20-13-7-5-6-8-13/h9-11,13H,4-8H2,1-3H3,(H,20,21)/t11-/m0/s1. The normalized spacial score (nSPS) is 15.5. The Kier molecular flexibility index (Phi) is 7.11. The van der Waals surface area contributed by atoms with Gasteiger partial charge in [0.1, 0.15) is 0 Å². The van der Waals surface area contributed by atoms with E-state index in [0.717, 1.165) is 25.7 Å². The minimum absolute atomic E-state index is 0.188. The molecule has 0 bridgehead atoms. The summed E-state index contributed by atoms with van der Waals surface area (Å²) in [6, 6.07) is 3.32. The van der Waals surface area contributed by atoms with Crippen molar-refractivity contribution in [3.8, 4) is 11.5 Å². The van der Waals surface area contributed by atoms with Crippen LogP contribution in [0.4, 0.5) is 0 Å². The van der Waals surface area contributed by atoms with E-state index >= 15 is 0 Å². The maximum atomic E-state index is 12.4. The lowest BCUT2D eigenvalue weighted by atomic mass is 10.2. The van der Waals surface area contributed by atoms with Gasteiger partial charge in [-0.2, -0.15) is 0 Å². The zero-order valence-corrected chi connectivity index (χ0v) is 16.4. The van der Waals surface area contributed by atoms with Gasteiger partial charge in [-0.05, 0) is 54.8 Å². The van der Waals surface area contributed by atoms with Gasteiger partial charge in [-0.25, -0.2) is 4.79 Å². The first kappa shape index (κ1) is 19.6. The number of nitrogens with one attached hydrogen (secondary N) is 1. The quantitative estimate of drug-likeness (QED) is 0.692. The molecule has 0 aromatic heterocycles. The van der Waals surface area contributed by atoms with Gasteiger partial charge < -0.3 is 19.5 Å². The van der Waals surface area contributed by atoms with Crippen LogP contribution < -0.4 is 14.8 Å². The van der Waals surface area contributed by atoms with Crippen LogP contribution in [0, 0.1) is 0 Å². The van der Waals surface area contributed by atoms with Crippen LogP contribution >= 0.6 is 15.9 Å². The zero-order valence-electron chi connectivity index (χ0n) is 14.8. The molecule has 1 aromatic rings. The monoisotopic (exact) mass is 413 g/mol. The zero-order chi connectivity index (χ0) is 18.4. The lowest BCUT2D eigenvalue weighted by Gasteiger charge is -2.18. The molecule has 7 heteroatoms. The van der Waals surface area contributed by atoms with E-state index < -0.39 is 12.1 Å². The van der Waals surface area contributed by atoms with E-state index in [2.05, 4.69) is 21.2 Å². The van der Waals surface area contributed by atoms with Crippen LogP contribution in [0.5, 0.6) is 11.5 Å². The number of benzene rings is 1. The fraction of sp³-hybridized carbons (Fsp3) is 0.556. The first-order valence-electron chi connectivity index (χ1n) is 8.48. The highest BCUT2D eigenvalue weighted by Gasteiger charge is 2.24. The van der Waals surface area contributed by atoms with Crippen molar-refractivity contribution in [2.45, 2.75) is 51.7 Å². The lowest BCUT2D eigenvalue weighted by molar-refractivity contribution is -0.129. The maximum absolute atomic E-state index is 12.4. The first-order chi connectivity index (χ1) is 12.0. The molecular formula is C18H24BrNO5. The van der Waals surface area contributed by atoms with Crippen molar-refractivity contribution in [1.29, 1.82) is 0 Å². The van der Waals surface area contributed by atoms with Crippen molar-refractivity contribution < 1.29 is 23.8 Å². The molecule has 138 valence electrons. The highest BCUT2D eigenvalue weighted by Crippen LogP contribution is 2.36. The molecule has 1 N–H and O–H groups in total. The summed E-state index contributed by atoms with van der Waals surface area (Å²) in [7, 11) is 1.50. The van der Waals surface area contributed by atoms with Crippen molar-refractivity contribution in [2.75, 3.05) is 13.7 Å². The Hall–Kier alpha value is -1.76. The van der Waals surface area contributed by atoms with Gasteiger partial charge in [0.25, 0.3) is 5.91 Å². The molecule has 0 saturated heterocycles. The smallest absolute Gasteiger partial charge is 0.339 e. The number of carbonyl (C=O) groups excluding carboxylic acids is 2. The molecule has 0 radical (unpaired) electrons. The van der Waals surface area contributed by atoms with Gasteiger partial charge in [-0.1, -0.05) is 12.8 Å². The fourth-order valence-corrected chi connectivity index (χ4v) is 3.35. The number of carbonyl (C=O) groups is 2. The Labute approximate surface area is 156 Å². The average molecular weight is 414 g/mol. The van der Waals surface area contributed by atoms with E-state index in [1.807, 2.05) is 6.92 Å². The summed E-state index contributed by atoms with van der Waals surface area (Å²) in [5, 5.41) is 2.93. The van der Waals surface area contributed by atoms with E-state index in [1.165, 1.54) is 7.11 Å².